The summed E-state index contributed by atoms with van der Waals surface area (Å²) < 4.78 is 1.82. The molecule has 2 aromatic carbocycles. The summed E-state index contributed by atoms with van der Waals surface area (Å²) in [7, 11) is 0. The zero-order valence-corrected chi connectivity index (χ0v) is 19.0. The molecule has 33 heavy (non-hydrogen) atoms. The van der Waals surface area contributed by atoms with Crippen LogP contribution in [0.2, 0.25) is 5.02 Å². The number of rotatable bonds is 5. The maximum Gasteiger partial charge on any atom is 0.239 e. The lowest BCUT2D eigenvalue weighted by Gasteiger charge is -2.33. The number of aryl methyl sites for hydroxylation is 1. The summed E-state index contributed by atoms with van der Waals surface area (Å²) in [5.74, 6) is 0.741. The van der Waals surface area contributed by atoms with Gasteiger partial charge in [-0.25, -0.2) is 14.6 Å². The second kappa shape index (κ2) is 9.17. The molecule has 2 N–H and O–H groups in total. The van der Waals surface area contributed by atoms with Crippen LogP contribution in [-0.2, 0) is 11.3 Å². The fourth-order valence-electron chi connectivity index (χ4n) is 3.94. The fourth-order valence-corrected chi connectivity index (χ4v) is 4.07. The molecule has 2 aromatic heterocycles. The van der Waals surface area contributed by atoms with Gasteiger partial charge in [-0.3, -0.25) is 4.79 Å². The molecule has 1 aliphatic rings. The molecule has 9 heteroatoms. The van der Waals surface area contributed by atoms with Crippen LogP contribution in [0.15, 0.2) is 61.1 Å². The van der Waals surface area contributed by atoms with Gasteiger partial charge in [0.15, 0.2) is 5.65 Å². The molecule has 0 saturated carbocycles. The summed E-state index contributed by atoms with van der Waals surface area (Å²) >= 11 is 5.94. The number of piperazine rings is 1. The zero-order valence-electron chi connectivity index (χ0n) is 18.2. The molecule has 1 amide bonds. The zero-order chi connectivity index (χ0) is 22.8. The van der Waals surface area contributed by atoms with Crippen molar-refractivity contribution in [3.63, 3.8) is 0 Å². The van der Waals surface area contributed by atoms with Gasteiger partial charge in [0.1, 0.15) is 18.2 Å². The van der Waals surface area contributed by atoms with Crippen molar-refractivity contribution in [3.8, 4) is 5.69 Å². The van der Waals surface area contributed by atoms with Gasteiger partial charge >= 0.3 is 0 Å². The van der Waals surface area contributed by atoms with Crippen LogP contribution >= 0.6 is 11.6 Å². The van der Waals surface area contributed by atoms with Gasteiger partial charge in [-0.2, -0.15) is 0 Å². The minimum Gasteiger partial charge on any atom is -0.353 e. The van der Waals surface area contributed by atoms with Crippen LogP contribution in [0, 0.1) is 6.92 Å². The first-order chi connectivity index (χ1) is 16.1. The van der Waals surface area contributed by atoms with Gasteiger partial charge in [0.25, 0.3) is 0 Å². The SMILES string of the molecule is Cc1ccc(-n2cc3c(N4CCNC(C(=O)NCc5ccc(Cl)cc5)C4)ncnc3n2)cc1. The Morgan fingerprint density at radius 1 is 1.15 bits per heavy atom. The third-order valence-corrected chi connectivity index (χ3v) is 6.02. The van der Waals surface area contributed by atoms with Crippen molar-refractivity contribution in [3.05, 3.63) is 77.2 Å². The number of benzene rings is 2. The highest BCUT2D eigenvalue weighted by Crippen LogP contribution is 2.24. The van der Waals surface area contributed by atoms with E-state index in [0.29, 0.717) is 30.3 Å². The van der Waals surface area contributed by atoms with Crippen LogP contribution in [0.25, 0.3) is 16.7 Å². The highest BCUT2D eigenvalue weighted by Gasteiger charge is 2.27. The number of hydrogen-bond donors (Lipinski definition) is 2. The van der Waals surface area contributed by atoms with Crippen molar-refractivity contribution in [2.24, 2.45) is 0 Å². The number of hydrogen-bond acceptors (Lipinski definition) is 6. The Morgan fingerprint density at radius 2 is 1.94 bits per heavy atom. The molecule has 0 bridgehead atoms. The van der Waals surface area contributed by atoms with E-state index in [1.165, 1.54) is 11.9 Å². The maximum atomic E-state index is 12.8. The minimum atomic E-state index is -0.344. The highest BCUT2D eigenvalue weighted by molar-refractivity contribution is 6.30. The van der Waals surface area contributed by atoms with Crippen molar-refractivity contribution in [1.82, 2.24) is 30.4 Å². The molecule has 0 radical (unpaired) electrons. The lowest BCUT2D eigenvalue weighted by atomic mass is 10.1. The quantitative estimate of drug-likeness (QED) is 0.475. The van der Waals surface area contributed by atoms with E-state index in [1.807, 2.05) is 47.3 Å². The lowest BCUT2D eigenvalue weighted by molar-refractivity contribution is -0.123. The Kier molecular flexibility index (Phi) is 5.93. The Morgan fingerprint density at radius 3 is 2.73 bits per heavy atom. The molecule has 1 saturated heterocycles. The van der Waals surface area contributed by atoms with Gasteiger partial charge in [0.05, 0.1) is 11.1 Å². The van der Waals surface area contributed by atoms with Gasteiger partial charge in [-0.1, -0.05) is 41.4 Å². The maximum absolute atomic E-state index is 12.8. The first kappa shape index (κ1) is 21.4. The normalized spacial score (nSPS) is 16.2. The molecule has 0 spiro atoms. The van der Waals surface area contributed by atoms with Crippen molar-refractivity contribution in [1.29, 1.82) is 0 Å². The van der Waals surface area contributed by atoms with E-state index < -0.39 is 0 Å². The summed E-state index contributed by atoms with van der Waals surface area (Å²) in [5.41, 5.74) is 3.78. The van der Waals surface area contributed by atoms with Crippen molar-refractivity contribution >= 4 is 34.4 Å². The molecule has 1 fully saturated rings. The van der Waals surface area contributed by atoms with Gasteiger partial charge in [0.2, 0.25) is 5.91 Å². The van der Waals surface area contributed by atoms with Crippen LogP contribution in [0.3, 0.4) is 0 Å². The van der Waals surface area contributed by atoms with Crippen LogP contribution < -0.4 is 15.5 Å². The molecule has 0 aliphatic carbocycles. The smallest absolute Gasteiger partial charge is 0.239 e. The van der Waals surface area contributed by atoms with Gasteiger partial charge in [-0.05, 0) is 36.8 Å². The van der Waals surface area contributed by atoms with E-state index in [1.54, 1.807) is 0 Å². The molecule has 4 aromatic rings. The molecule has 1 aliphatic heterocycles. The first-order valence-corrected chi connectivity index (χ1v) is 11.2. The van der Waals surface area contributed by atoms with E-state index >= 15 is 0 Å². The van der Waals surface area contributed by atoms with Crippen molar-refractivity contribution < 1.29 is 4.79 Å². The van der Waals surface area contributed by atoms with Crippen LogP contribution in [0.5, 0.6) is 0 Å². The second-order valence-electron chi connectivity index (χ2n) is 8.14. The topological polar surface area (TPSA) is 88.0 Å². The van der Waals surface area contributed by atoms with E-state index in [0.717, 1.165) is 29.0 Å². The number of amides is 1. The molecular formula is C24H24ClN7O. The molecular weight excluding hydrogens is 438 g/mol. The van der Waals surface area contributed by atoms with E-state index in [4.69, 9.17) is 11.6 Å². The molecule has 8 nitrogen and oxygen atoms in total. The predicted octanol–water partition coefficient (Wildman–Crippen LogP) is 2.87. The van der Waals surface area contributed by atoms with Crippen LogP contribution in [0.1, 0.15) is 11.1 Å². The van der Waals surface area contributed by atoms with E-state index in [-0.39, 0.29) is 11.9 Å². The lowest BCUT2D eigenvalue weighted by Crippen LogP contribution is -2.57. The Hall–Kier alpha value is -3.49. The molecule has 3 heterocycles. The number of anilines is 1. The van der Waals surface area contributed by atoms with E-state index in [9.17, 15) is 4.79 Å². The average Bonchev–Trinajstić information content (AvgIpc) is 3.28. The molecule has 1 atom stereocenters. The Labute approximate surface area is 196 Å². The molecule has 1 unspecified atom stereocenters. The van der Waals surface area contributed by atoms with Crippen molar-refractivity contribution in [2.45, 2.75) is 19.5 Å². The number of nitrogens with one attached hydrogen (secondary N) is 2. The van der Waals surface area contributed by atoms with Gasteiger partial charge in [0, 0.05) is 37.4 Å². The number of nitrogens with zero attached hydrogens (tertiary/aromatic N) is 5. The number of aromatic nitrogens is 4. The van der Waals surface area contributed by atoms with Crippen LogP contribution in [-0.4, -0.2) is 51.3 Å². The summed E-state index contributed by atoms with van der Waals surface area (Å²) in [5, 5.41) is 12.5. The third-order valence-electron chi connectivity index (χ3n) is 5.77. The molecule has 5 rings (SSSR count). The highest BCUT2D eigenvalue weighted by atomic mass is 35.5. The first-order valence-electron chi connectivity index (χ1n) is 10.8. The molecule has 168 valence electrons. The Balaban J connectivity index is 1.32. The fraction of sp³-hybridized carbons (Fsp3) is 0.250. The van der Waals surface area contributed by atoms with Gasteiger partial charge in [-0.15, -0.1) is 5.10 Å². The summed E-state index contributed by atoms with van der Waals surface area (Å²) in [6.07, 6.45) is 3.48. The largest absolute Gasteiger partial charge is 0.353 e. The minimum absolute atomic E-state index is 0.0460. The number of halogens is 1. The predicted molar refractivity (Wildman–Crippen MR) is 129 cm³/mol. The third kappa shape index (κ3) is 4.67. The summed E-state index contributed by atoms with van der Waals surface area (Å²) in [6.45, 7) is 4.43. The van der Waals surface area contributed by atoms with E-state index in [2.05, 4.69) is 49.7 Å². The second-order valence-corrected chi connectivity index (χ2v) is 8.58. The van der Waals surface area contributed by atoms with Crippen LogP contribution in [0.4, 0.5) is 5.82 Å². The van der Waals surface area contributed by atoms with Gasteiger partial charge < -0.3 is 15.5 Å². The number of carbonyl (C=O) groups excluding carboxylic acids is 1. The van der Waals surface area contributed by atoms with Crippen molar-refractivity contribution in [2.75, 3.05) is 24.5 Å². The standard InChI is InChI=1S/C24H24ClN7O/c1-16-2-8-19(9-3-16)32-13-20-22(30-32)28-15-29-23(20)31-11-10-26-21(14-31)24(33)27-12-17-4-6-18(25)7-5-17/h2-9,13,15,21,26H,10-12,14H2,1H3,(H,27,33). The number of carbonyl (C=O) groups is 1. The monoisotopic (exact) mass is 461 g/mol. The summed E-state index contributed by atoms with van der Waals surface area (Å²) in [6, 6.07) is 15.3. The number of fused-ring (bicyclic) bond motifs is 1. The Bertz CT molecular complexity index is 1270. The average molecular weight is 462 g/mol. The summed E-state index contributed by atoms with van der Waals surface area (Å²) in [4.78, 5) is 23.8.